The van der Waals surface area contributed by atoms with E-state index in [2.05, 4.69) is 14.5 Å². The molecule has 0 aromatic rings. The number of rotatable bonds is 6. The van der Waals surface area contributed by atoms with Gasteiger partial charge in [0.05, 0.1) is 12.1 Å². The van der Waals surface area contributed by atoms with Crippen LogP contribution < -0.4 is 5.32 Å². The van der Waals surface area contributed by atoms with Gasteiger partial charge in [-0.15, -0.1) is 4.28 Å². The summed E-state index contributed by atoms with van der Waals surface area (Å²) < 4.78 is 35.0. The molecule has 0 aliphatic carbocycles. The highest BCUT2D eigenvalue weighted by atomic mass is 32.3. The fourth-order valence-electron chi connectivity index (χ4n) is 3.87. The van der Waals surface area contributed by atoms with E-state index in [0.717, 1.165) is 25.9 Å². The molecule has 0 spiro atoms. The van der Waals surface area contributed by atoms with Gasteiger partial charge >= 0.3 is 16.4 Å². The average molecular weight is 403 g/mol. The number of amides is 3. The third-order valence-corrected chi connectivity index (χ3v) is 5.56. The van der Waals surface area contributed by atoms with E-state index in [0.29, 0.717) is 24.4 Å². The zero-order valence-electron chi connectivity index (χ0n) is 15.0. The maximum Gasteiger partial charge on any atom is 0.418 e. The number of nitrogens with one attached hydrogen (secondary N) is 2. The molecule has 0 aromatic carbocycles. The SMILES string of the molecule is N=C(NC(=O)CCN1CCCCC1)[C@@H]1CC[C@@H]2CN1C(=O)N2OS(=O)(=O)O. The minimum absolute atomic E-state index is 0.0841. The van der Waals surface area contributed by atoms with Crippen LogP contribution in [0.25, 0.3) is 0 Å². The number of urea groups is 1. The molecule has 2 atom stereocenters. The first-order valence-corrected chi connectivity index (χ1v) is 10.5. The fourth-order valence-corrected chi connectivity index (χ4v) is 4.26. The second kappa shape index (κ2) is 8.09. The molecule has 3 saturated heterocycles. The molecule has 11 nitrogen and oxygen atoms in total. The van der Waals surface area contributed by atoms with Crippen LogP contribution in [0.4, 0.5) is 4.79 Å². The molecule has 3 N–H and O–H groups in total. The molecule has 3 aliphatic rings. The smallest absolute Gasteiger partial charge is 0.313 e. The summed E-state index contributed by atoms with van der Waals surface area (Å²) in [4.78, 5) is 28.0. The number of likely N-dealkylation sites (tertiary alicyclic amines) is 1. The summed E-state index contributed by atoms with van der Waals surface area (Å²) in [5.74, 6) is -0.357. The maximum absolute atomic E-state index is 12.3. The summed E-state index contributed by atoms with van der Waals surface area (Å²) in [6.45, 7) is 2.79. The standard InChI is InChI=1S/C15H25N5O6S/c16-14(17-13(21)6-9-18-7-2-1-3-8-18)12-5-4-11-10-19(12)15(22)20(11)26-27(23,24)25/h11-12H,1-10H2,(H2,16,17,21)(H,23,24,25)/t11-,12+/m1/s1. The minimum atomic E-state index is -4.80. The van der Waals surface area contributed by atoms with Crippen molar-refractivity contribution >= 4 is 28.2 Å². The molecule has 0 unspecified atom stereocenters. The molecular weight excluding hydrogens is 378 g/mol. The van der Waals surface area contributed by atoms with E-state index < -0.39 is 28.5 Å². The van der Waals surface area contributed by atoms with Crippen molar-refractivity contribution in [3.05, 3.63) is 0 Å². The topological polar surface area (TPSA) is 143 Å². The average Bonchev–Trinajstić information content (AvgIpc) is 2.84. The predicted molar refractivity (Wildman–Crippen MR) is 94.2 cm³/mol. The lowest BCUT2D eigenvalue weighted by Crippen LogP contribution is -2.51. The quantitative estimate of drug-likeness (QED) is 0.321. The molecule has 0 saturated carbocycles. The van der Waals surface area contributed by atoms with Crippen LogP contribution in [0, 0.1) is 5.41 Å². The summed E-state index contributed by atoms with van der Waals surface area (Å²) in [6.07, 6.45) is 4.57. The number of piperidine rings is 2. The molecule has 3 aliphatic heterocycles. The van der Waals surface area contributed by atoms with Gasteiger partial charge in [0.15, 0.2) is 0 Å². The molecular formula is C15H25N5O6S. The van der Waals surface area contributed by atoms with E-state index in [1.165, 1.54) is 11.3 Å². The lowest BCUT2D eigenvalue weighted by Gasteiger charge is -2.31. The molecule has 0 radical (unpaired) electrons. The highest BCUT2D eigenvalue weighted by molar-refractivity contribution is 7.80. The first-order valence-electron chi connectivity index (χ1n) is 9.12. The van der Waals surface area contributed by atoms with Gasteiger partial charge in [-0.25, -0.2) is 4.79 Å². The van der Waals surface area contributed by atoms with Crippen LogP contribution in [-0.2, 0) is 19.5 Å². The molecule has 152 valence electrons. The number of carbonyl (C=O) groups is 2. The van der Waals surface area contributed by atoms with E-state index in [-0.39, 0.29) is 24.7 Å². The highest BCUT2D eigenvalue weighted by Gasteiger charge is 2.48. The third-order valence-electron chi connectivity index (χ3n) is 5.21. The second-order valence-corrected chi connectivity index (χ2v) is 8.13. The number of carbonyl (C=O) groups excluding carboxylic acids is 2. The molecule has 3 heterocycles. The molecule has 2 bridgehead atoms. The van der Waals surface area contributed by atoms with Crippen LogP contribution in [0.1, 0.15) is 38.5 Å². The molecule has 27 heavy (non-hydrogen) atoms. The zero-order valence-corrected chi connectivity index (χ0v) is 15.8. The minimum Gasteiger partial charge on any atom is -0.313 e. The van der Waals surface area contributed by atoms with Crippen LogP contribution in [0.5, 0.6) is 0 Å². The Morgan fingerprint density at radius 2 is 1.96 bits per heavy atom. The first kappa shape index (κ1) is 20.0. The Balaban J connectivity index is 1.51. The lowest BCUT2D eigenvalue weighted by molar-refractivity contribution is -0.120. The summed E-state index contributed by atoms with van der Waals surface area (Å²) in [5.41, 5.74) is 0. The second-order valence-electron chi connectivity index (χ2n) is 7.12. The van der Waals surface area contributed by atoms with Gasteiger partial charge in [0, 0.05) is 19.5 Å². The number of amidine groups is 1. The van der Waals surface area contributed by atoms with Gasteiger partial charge < -0.3 is 15.1 Å². The Labute approximate surface area is 158 Å². The number of hydroxylamine groups is 2. The summed E-state index contributed by atoms with van der Waals surface area (Å²) in [7, 11) is -4.80. The van der Waals surface area contributed by atoms with E-state index in [1.54, 1.807) is 0 Å². The molecule has 3 rings (SSSR count). The van der Waals surface area contributed by atoms with Gasteiger partial charge in [0.25, 0.3) is 0 Å². The van der Waals surface area contributed by atoms with E-state index >= 15 is 0 Å². The van der Waals surface area contributed by atoms with Crippen molar-refractivity contribution in [3.8, 4) is 0 Å². The van der Waals surface area contributed by atoms with Crippen molar-refractivity contribution in [1.29, 1.82) is 5.41 Å². The Bertz CT molecular complexity index is 707. The number of nitrogens with zero attached hydrogens (tertiary/aromatic N) is 3. The predicted octanol–water partition coefficient (Wildman–Crippen LogP) is -0.0411. The monoisotopic (exact) mass is 403 g/mol. The fraction of sp³-hybridized carbons (Fsp3) is 0.800. The molecule has 0 aromatic heterocycles. The van der Waals surface area contributed by atoms with Crippen molar-refractivity contribution in [1.82, 2.24) is 20.2 Å². The van der Waals surface area contributed by atoms with Crippen molar-refractivity contribution in [2.75, 3.05) is 26.2 Å². The van der Waals surface area contributed by atoms with Crippen LogP contribution in [0.2, 0.25) is 0 Å². The van der Waals surface area contributed by atoms with E-state index in [1.807, 2.05) is 0 Å². The van der Waals surface area contributed by atoms with Crippen molar-refractivity contribution in [2.45, 2.75) is 50.6 Å². The van der Waals surface area contributed by atoms with Gasteiger partial charge in [0.1, 0.15) is 5.84 Å². The van der Waals surface area contributed by atoms with E-state index in [4.69, 9.17) is 9.96 Å². The van der Waals surface area contributed by atoms with Crippen molar-refractivity contribution in [3.63, 3.8) is 0 Å². The van der Waals surface area contributed by atoms with Crippen LogP contribution in [0.15, 0.2) is 0 Å². The number of hydrogen-bond donors (Lipinski definition) is 3. The summed E-state index contributed by atoms with van der Waals surface area (Å²) in [5, 5.41) is 11.3. The van der Waals surface area contributed by atoms with Gasteiger partial charge in [-0.3, -0.25) is 14.8 Å². The van der Waals surface area contributed by atoms with Crippen LogP contribution in [-0.4, -0.2) is 83.9 Å². The van der Waals surface area contributed by atoms with E-state index in [9.17, 15) is 18.0 Å². The Kier molecular flexibility index (Phi) is 5.99. The van der Waals surface area contributed by atoms with Crippen molar-refractivity contribution < 1.29 is 26.8 Å². The third kappa shape index (κ3) is 4.94. The van der Waals surface area contributed by atoms with Gasteiger partial charge in [-0.2, -0.15) is 13.5 Å². The Morgan fingerprint density at radius 1 is 1.26 bits per heavy atom. The first-order chi connectivity index (χ1) is 12.7. The van der Waals surface area contributed by atoms with Crippen molar-refractivity contribution in [2.24, 2.45) is 0 Å². The summed E-state index contributed by atoms with van der Waals surface area (Å²) >= 11 is 0. The maximum atomic E-state index is 12.3. The van der Waals surface area contributed by atoms with Gasteiger partial charge in [-0.1, -0.05) is 6.42 Å². The highest BCUT2D eigenvalue weighted by Crippen LogP contribution is 2.30. The number of fused-ring (bicyclic) bond motifs is 2. The molecule has 12 heteroatoms. The Hall–Kier alpha value is -1.76. The molecule has 3 fully saturated rings. The largest absolute Gasteiger partial charge is 0.418 e. The lowest BCUT2D eigenvalue weighted by atomic mass is 10.00. The van der Waals surface area contributed by atoms with Gasteiger partial charge in [-0.05, 0) is 38.8 Å². The van der Waals surface area contributed by atoms with Crippen LogP contribution in [0.3, 0.4) is 0 Å². The van der Waals surface area contributed by atoms with Crippen LogP contribution >= 0.6 is 0 Å². The van der Waals surface area contributed by atoms with Gasteiger partial charge in [0.2, 0.25) is 5.91 Å². The normalized spacial score (nSPS) is 26.3. The number of hydrogen-bond acceptors (Lipinski definition) is 7. The Morgan fingerprint density at radius 3 is 2.63 bits per heavy atom. The summed E-state index contributed by atoms with van der Waals surface area (Å²) in [6, 6.07) is -1.91. The zero-order chi connectivity index (χ0) is 19.6. The molecule has 3 amide bonds.